The Labute approximate surface area is 163 Å². The highest BCUT2D eigenvalue weighted by Crippen LogP contribution is 2.28. The van der Waals surface area contributed by atoms with Gasteiger partial charge in [0.2, 0.25) is 6.10 Å². The molecule has 0 radical (unpaired) electrons. The van der Waals surface area contributed by atoms with Crippen molar-refractivity contribution in [2.45, 2.75) is 37.8 Å². The van der Waals surface area contributed by atoms with E-state index in [9.17, 15) is 9.59 Å². The number of hydrogen-bond acceptors (Lipinski definition) is 5. The lowest BCUT2D eigenvalue weighted by Gasteiger charge is -2.22. The summed E-state index contributed by atoms with van der Waals surface area (Å²) >= 11 is 0. The lowest BCUT2D eigenvalue weighted by atomic mass is 10.1. The van der Waals surface area contributed by atoms with E-state index in [4.69, 9.17) is 9.47 Å². The maximum absolute atomic E-state index is 12.8. The molecule has 4 rings (SSSR count). The number of amides is 1. The summed E-state index contributed by atoms with van der Waals surface area (Å²) in [6.07, 6.45) is 6.33. The maximum Gasteiger partial charge on any atom is 0.338 e. The lowest BCUT2D eigenvalue weighted by molar-refractivity contribution is -0.153. The summed E-state index contributed by atoms with van der Waals surface area (Å²) in [7, 11) is 0. The molecule has 1 amide bonds. The zero-order valence-electron chi connectivity index (χ0n) is 15.5. The molecular weight excluding hydrogens is 356 g/mol. The van der Waals surface area contributed by atoms with E-state index < -0.39 is 12.1 Å². The maximum atomic E-state index is 12.8. The third-order valence-corrected chi connectivity index (χ3v) is 5.02. The summed E-state index contributed by atoms with van der Waals surface area (Å²) in [5.41, 5.74) is 1.59. The van der Waals surface area contributed by atoms with Crippen LogP contribution in [0.4, 0.5) is 0 Å². The molecule has 2 heterocycles. The van der Waals surface area contributed by atoms with E-state index in [0.717, 1.165) is 37.0 Å². The Morgan fingerprint density at radius 3 is 2.68 bits per heavy atom. The van der Waals surface area contributed by atoms with Gasteiger partial charge in [-0.15, -0.1) is 0 Å². The summed E-state index contributed by atoms with van der Waals surface area (Å²) in [6.45, 7) is 0.106. The summed E-state index contributed by atoms with van der Waals surface area (Å²) in [6, 6.07) is 12.8. The Morgan fingerprint density at radius 2 is 1.89 bits per heavy atom. The van der Waals surface area contributed by atoms with Crippen molar-refractivity contribution in [3.8, 4) is 5.75 Å². The number of carbonyl (C=O) groups excluding carboxylic acids is 2. The quantitative estimate of drug-likeness (QED) is 0.809. The van der Waals surface area contributed by atoms with Crippen molar-refractivity contribution in [2.75, 3.05) is 6.61 Å². The predicted octanol–water partition coefficient (Wildman–Crippen LogP) is 3.20. The van der Waals surface area contributed by atoms with E-state index in [-0.39, 0.29) is 18.6 Å². The van der Waals surface area contributed by atoms with Gasteiger partial charge in [-0.2, -0.15) is 0 Å². The number of nitrogens with zero attached hydrogens (tertiary/aromatic N) is 1. The fraction of sp³-hybridized carbons (Fsp3) is 0.318. The van der Waals surface area contributed by atoms with Crippen LogP contribution < -0.4 is 10.1 Å². The molecule has 1 fully saturated rings. The predicted molar refractivity (Wildman–Crippen MR) is 103 cm³/mol. The number of hydrogen-bond donors (Lipinski definition) is 1. The van der Waals surface area contributed by atoms with Gasteiger partial charge in [0.15, 0.2) is 0 Å². The third-order valence-electron chi connectivity index (χ3n) is 5.02. The van der Waals surface area contributed by atoms with Crippen molar-refractivity contribution in [3.05, 3.63) is 65.5 Å². The van der Waals surface area contributed by atoms with E-state index in [1.165, 1.54) is 0 Å². The molecule has 1 aromatic heterocycles. The minimum atomic E-state index is -1.09. The second kappa shape index (κ2) is 8.25. The van der Waals surface area contributed by atoms with Crippen LogP contribution in [0.2, 0.25) is 0 Å². The molecule has 1 N–H and O–H groups in total. The fourth-order valence-electron chi connectivity index (χ4n) is 3.54. The normalized spacial score (nSPS) is 17.1. The highest BCUT2D eigenvalue weighted by atomic mass is 16.6. The van der Waals surface area contributed by atoms with Crippen LogP contribution in [0.1, 0.15) is 43.0 Å². The molecular formula is C22H22N2O4. The summed E-state index contributed by atoms with van der Waals surface area (Å²) < 4.78 is 11.2. The number of rotatable bonds is 5. The van der Waals surface area contributed by atoms with Gasteiger partial charge in [-0.25, -0.2) is 4.79 Å². The van der Waals surface area contributed by atoms with Crippen LogP contribution in [-0.4, -0.2) is 29.5 Å². The van der Waals surface area contributed by atoms with Crippen molar-refractivity contribution in [1.29, 1.82) is 0 Å². The number of aromatic nitrogens is 1. The Morgan fingerprint density at radius 1 is 1.11 bits per heavy atom. The number of ether oxygens (including phenoxy) is 2. The van der Waals surface area contributed by atoms with E-state index in [0.29, 0.717) is 11.3 Å². The Hall–Kier alpha value is -3.15. The van der Waals surface area contributed by atoms with E-state index in [1.807, 2.05) is 24.3 Å². The van der Waals surface area contributed by atoms with Gasteiger partial charge in [0.05, 0.1) is 11.3 Å². The minimum absolute atomic E-state index is 0.106. The first-order valence-electron chi connectivity index (χ1n) is 9.55. The van der Waals surface area contributed by atoms with Gasteiger partial charge in [0, 0.05) is 17.8 Å². The van der Waals surface area contributed by atoms with Gasteiger partial charge >= 0.3 is 5.97 Å². The highest BCUT2D eigenvalue weighted by molar-refractivity contribution is 5.97. The number of pyridine rings is 1. The van der Waals surface area contributed by atoms with Crippen molar-refractivity contribution in [2.24, 2.45) is 0 Å². The second-order valence-electron chi connectivity index (χ2n) is 7.03. The van der Waals surface area contributed by atoms with Crippen molar-refractivity contribution >= 4 is 18.0 Å². The molecule has 6 nitrogen and oxygen atoms in total. The molecule has 144 valence electrons. The fourth-order valence-corrected chi connectivity index (χ4v) is 3.54. The van der Waals surface area contributed by atoms with Gasteiger partial charge < -0.3 is 14.8 Å². The summed E-state index contributed by atoms with van der Waals surface area (Å²) in [5, 5.41) is 2.99. The van der Waals surface area contributed by atoms with Crippen LogP contribution in [0, 0.1) is 0 Å². The van der Waals surface area contributed by atoms with Crippen molar-refractivity contribution < 1.29 is 19.1 Å². The van der Waals surface area contributed by atoms with Gasteiger partial charge in [0.25, 0.3) is 5.91 Å². The van der Waals surface area contributed by atoms with Crippen LogP contribution in [-0.2, 0) is 14.3 Å². The molecule has 0 unspecified atom stereocenters. The second-order valence-corrected chi connectivity index (χ2v) is 7.03. The van der Waals surface area contributed by atoms with Crippen LogP contribution >= 0.6 is 0 Å². The first kappa shape index (κ1) is 18.2. The van der Waals surface area contributed by atoms with Gasteiger partial charge in [-0.1, -0.05) is 37.1 Å². The zero-order chi connectivity index (χ0) is 19.3. The number of nitrogens with one attached hydrogen (secondary N) is 1. The minimum Gasteiger partial charge on any atom is -0.488 e. The number of fused-ring (bicyclic) bond motifs is 1. The molecule has 6 heteroatoms. The van der Waals surface area contributed by atoms with Crippen LogP contribution in [0.25, 0.3) is 6.08 Å². The van der Waals surface area contributed by atoms with Crippen molar-refractivity contribution in [3.63, 3.8) is 0 Å². The van der Waals surface area contributed by atoms with E-state index in [1.54, 1.807) is 30.5 Å². The van der Waals surface area contributed by atoms with Gasteiger partial charge in [0.1, 0.15) is 12.4 Å². The summed E-state index contributed by atoms with van der Waals surface area (Å²) in [4.78, 5) is 29.8. The zero-order valence-corrected chi connectivity index (χ0v) is 15.5. The Balaban J connectivity index is 1.53. The SMILES string of the molecule is O=C(O[C@H](C(=O)NC1CCCC1)c1ccccn1)C1=Cc2ccccc2OC1. The molecule has 0 saturated heterocycles. The van der Waals surface area contributed by atoms with Crippen LogP contribution in [0.3, 0.4) is 0 Å². The highest BCUT2D eigenvalue weighted by Gasteiger charge is 2.30. The molecule has 1 saturated carbocycles. The Bertz CT molecular complexity index is 888. The summed E-state index contributed by atoms with van der Waals surface area (Å²) in [5.74, 6) is -0.192. The standard InChI is InChI=1S/C22H22N2O4/c25-21(24-17-8-2-3-9-17)20(18-10-5-6-12-23-18)28-22(26)16-13-15-7-1-4-11-19(15)27-14-16/h1,4-7,10-13,17,20H,2-3,8-9,14H2,(H,24,25)/t20-/m0/s1. The first-order valence-corrected chi connectivity index (χ1v) is 9.55. The van der Waals surface area contributed by atoms with E-state index in [2.05, 4.69) is 10.3 Å². The average molecular weight is 378 g/mol. The Kier molecular flexibility index (Phi) is 5.37. The smallest absolute Gasteiger partial charge is 0.338 e. The van der Waals surface area contributed by atoms with Gasteiger partial charge in [-0.3, -0.25) is 9.78 Å². The average Bonchev–Trinajstić information content (AvgIpc) is 3.25. The molecule has 1 aliphatic carbocycles. The first-order chi connectivity index (χ1) is 13.7. The molecule has 0 bridgehead atoms. The number of benzene rings is 1. The molecule has 2 aromatic rings. The van der Waals surface area contributed by atoms with E-state index >= 15 is 0 Å². The monoisotopic (exact) mass is 378 g/mol. The van der Waals surface area contributed by atoms with Crippen molar-refractivity contribution in [1.82, 2.24) is 10.3 Å². The molecule has 0 spiro atoms. The molecule has 28 heavy (non-hydrogen) atoms. The molecule has 1 aromatic carbocycles. The molecule has 2 aliphatic rings. The number of esters is 1. The number of para-hydroxylation sites is 1. The molecule has 1 atom stereocenters. The van der Waals surface area contributed by atoms with Gasteiger partial charge in [-0.05, 0) is 37.1 Å². The van der Waals surface area contributed by atoms with Crippen LogP contribution in [0.15, 0.2) is 54.2 Å². The van der Waals surface area contributed by atoms with Crippen LogP contribution in [0.5, 0.6) is 5.75 Å². The number of carbonyl (C=O) groups is 2. The molecule has 1 aliphatic heterocycles. The third kappa shape index (κ3) is 4.06. The largest absolute Gasteiger partial charge is 0.488 e. The topological polar surface area (TPSA) is 77.5 Å². The lowest BCUT2D eigenvalue weighted by Crippen LogP contribution is -2.38.